The van der Waals surface area contributed by atoms with Crippen LogP contribution in [0.3, 0.4) is 0 Å². The molecule has 2 aliphatic rings. The monoisotopic (exact) mass is 499 g/mol. The third kappa shape index (κ3) is 6.38. The van der Waals surface area contributed by atoms with E-state index in [1.165, 1.54) is 9.87 Å². The van der Waals surface area contributed by atoms with Gasteiger partial charge in [-0.25, -0.2) is 18.4 Å². The molecule has 8 nitrogen and oxygen atoms in total. The fourth-order valence-electron chi connectivity index (χ4n) is 4.82. The maximum Gasteiger partial charge on any atom is 0.260 e. The van der Waals surface area contributed by atoms with E-state index in [9.17, 15) is 13.2 Å². The molecule has 0 radical (unpaired) electrons. The lowest BCUT2D eigenvalue weighted by molar-refractivity contribution is -0.126. The van der Waals surface area contributed by atoms with Gasteiger partial charge in [-0.2, -0.15) is 4.31 Å². The average molecular weight is 500 g/mol. The molecule has 1 saturated heterocycles. The van der Waals surface area contributed by atoms with Gasteiger partial charge in [0, 0.05) is 38.2 Å². The molecule has 9 heteroatoms. The van der Waals surface area contributed by atoms with Gasteiger partial charge in [-0.15, -0.1) is 0 Å². The van der Waals surface area contributed by atoms with Crippen LogP contribution in [0.1, 0.15) is 63.3 Å². The predicted octanol–water partition coefficient (Wildman–Crippen LogP) is 4.08. The van der Waals surface area contributed by atoms with Gasteiger partial charge in [0.15, 0.2) is 5.03 Å². The van der Waals surface area contributed by atoms with Crippen molar-refractivity contribution in [1.82, 2.24) is 19.6 Å². The summed E-state index contributed by atoms with van der Waals surface area (Å²) >= 11 is 0. The van der Waals surface area contributed by atoms with Crippen LogP contribution in [-0.4, -0.2) is 54.4 Å². The zero-order chi connectivity index (χ0) is 24.8. The van der Waals surface area contributed by atoms with Crippen molar-refractivity contribution < 1.29 is 13.2 Å². The molecule has 0 bridgehead atoms. The smallest absolute Gasteiger partial charge is 0.260 e. The largest absolute Gasteiger partial charge is 0.355 e. The number of aromatic amines is 1. The summed E-state index contributed by atoms with van der Waals surface area (Å²) < 4.78 is 27.8. The van der Waals surface area contributed by atoms with Crippen LogP contribution in [0.25, 0.3) is 11.0 Å². The second kappa shape index (κ2) is 11.5. The number of rotatable bonds is 9. The zero-order valence-corrected chi connectivity index (χ0v) is 21.6. The fraction of sp³-hybridized carbons (Fsp3) is 0.577. The molecule has 1 amide bonds. The first-order valence-electron chi connectivity index (χ1n) is 12.8. The molecule has 4 rings (SSSR count). The molecular weight excluding hydrogens is 462 g/mol. The number of aryl methyl sites for hydroxylation is 1. The number of allylic oxidation sites excluding steroid dienone is 1. The molecule has 2 N–H and O–H groups in total. The van der Waals surface area contributed by atoms with Crippen molar-refractivity contribution >= 4 is 33.2 Å². The molecule has 190 valence electrons. The van der Waals surface area contributed by atoms with Gasteiger partial charge in [-0.3, -0.25) is 4.79 Å². The molecule has 0 spiro atoms. The number of unbranched alkanes of at least 4 members (excludes halogenated alkanes) is 1. The Morgan fingerprint density at radius 1 is 1.23 bits per heavy atom. The number of hydrogen-bond acceptors (Lipinski definition) is 5. The van der Waals surface area contributed by atoms with E-state index in [1.807, 2.05) is 25.3 Å². The van der Waals surface area contributed by atoms with Gasteiger partial charge in [-0.1, -0.05) is 25.8 Å². The molecule has 2 aromatic rings. The van der Waals surface area contributed by atoms with Gasteiger partial charge in [0.1, 0.15) is 5.82 Å². The summed E-state index contributed by atoms with van der Waals surface area (Å²) in [5.41, 5.74) is 3.10. The van der Waals surface area contributed by atoms with Crippen molar-refractivity contribution in [2.45, 2.75) is 65.2 Å². The number of fused-ring (bicyclic) bond motifs is 1. The van der Waals surface area contributed by atoms with Crippen molar-refractivity contribution in [3.8, 4) is 0 Å². The van der Waals surface area contributed by atoms with Crippen LogP contribution < -0.4 is 5.32 Å². The highest BCUT2D eigenvalue weighted by atomic mass is 32.2. The minimum Gasteiger partial charge on any atom is -0.355 e. The van der Waals surface area contributed by atoms with Crippen LogP contribution in [0, 0.1) is 18.8 Å². The number of benzene rings is 1. The van der Waals surface area contributed by atoms with Crippen LogP contribution >= 0.6 is 0 Å². The van der Waals surface area contributed by atoms with Gasteiger partial charge in [0.25, 0.3) is 10.0 Å². The first-order valence-corrected chi connectivity index (χ1v) is 14.3. The van der Waals surface area contributed by atoms with Crippen molar-refractivity contribution in [1.29, 1.82) is 0 Å². The van der Waals surface area contributed by atoms with Crippen molar-refractivity contribution in [2.75, 3.05) is 19.6 Å². The standard InChI is InChI=1S/C26H37N5O3S/c1-3-4-6-20-7-5-8-25(28-18-20)35(33,34)31-15-12-21(13-16-31)26(32)27-14-11-24-29-22-10-9-19(2)17-23(22)30-24/h8-10,17-18,20-21H,3-7,11-16H2,1-2H3,(H,27,32)(H,29,30). The topological polar surface area (TPSA) is 108 Å². The minimum absolute atomic E-state index is 0.0144. The number of carbonyl (C=O) groups is 1. The highest BCUT2D eigenvalue weighted by molar-refractivity contribution is 7.93. The first kappa shape index (κ1) is 25.6. The van der Waals surface area contributed by atoms with E-state index < -0.39 is 10.0 Å². The summed E-state index contributed by atoms with van der Waals surface area (Å²) in [6, 6.07) is 6.09. The Morgan fingerprint density at radius 2 is 2.03 bits per heavy atom. The van der Waals surface area contributed by atoms with Crippen LogP contribution in [0.4, 0.5) is 0 Å². The lowest BCUT2D eigenvalue weighted by Gasteiger charge is -2.30. The molecule has 35 heavy (non-hydrogen) atoms. The van der Waals surface area contributed by atoms with E-state index in [2.05, 4.69) is 33.3 Å². The summed E-state index contributed by atoms with van der Waals surface area (Å²) in [4.78, 5) is 24.9. The number of nitrogens with zero attached hydrogens (tertiary/aromatic N) is 3. The number of nitrogens with one attached hydrogen (secondary N) is 2. The maximum absolute atomic E-state index is 13.1. The maximum atomic E-state index is 13.1. The minimum atomic E-state index is -3.62. The fourth-order valence-corrected chi connectivity index (χ4v) is 6.30. The highest BCUT2D eigenvalue weighted by Crippen LogP contribution is 2.27. The Morgan fingerprint density at radius 3 is 2.80 bits per heavy atom. The molecule has 1 fully saturated rings. The van der Waals surface area contributed by atoms with Crippen LogP contribution in [-0.2, 0) is 21.2 Å². The molecule has 1 atom stereocenters. The quantitative estimate of drug-likeness (QED) is 0.542. The van der Waals surface area contributed by atoms with Gasteiger partial charge in [-0.05, 0) is 68.7 Å². The molecule has 3 heterocycles. The summed E-state index contributed by atoms with van der Waals surface area (Å²) in [6.45, 7) is 5.39. The lowest BCUT2D eigenvalue weighted by Crippen LogP contribution is -2.43. The summed E-state index contributed by atoms with van der Waals surface area (Å²) in [5.74, 6) is 1.00. The third-order valence-corrected chi connectivity index (χ3v) is 8.82. The van der Waals surface area contributed by atoms with E-state index in [0.29, 0.717) is 44.8 Å². The van der Waals surface area contributed by atoms with E-state index in [-0.39, 0.29) is 16.9 Å². The van der Waals surface area contributed by atoms with Crippen LogP contribution in [0.15, 0.2) is 34.3 Å². The molecular formula is C26H37N5O3S. The third-order valence-electron chi connectivity index (χ3n) is 6.97. The second-order valence-electron chi connectivity index (χ2n) is 9.72. The number of aliphatic imine (C=N–C) groups is 1. The summed E-state index contributed by atoms with van der Waals surface area (Å²) in [6.07, 6.45) is 10.2. The molecule has 0 saturated carbocycles. The Kier molecular flexibility index (Phi) is 8.38. The van der Waals surface area contributed by atoms with Crippen LogP contribution in [0.2, 0.25) is 0 Å². The molecule has 2 aliphatic heterocycles. The van der Waals surface area contributed by atoms with Crippen molar-refractivity contribution in [2.24, 2.45) is 16.8 Å². The highest BCUT2D eigenvalue weighted by Gasteiger charge is 2.33. The first-order chi connectivity index (χ1) is 16.9. The predicted molar refractivity (Wildman–Crippen MR) is 140 cm³/mol. The number of piperidine rings is 1. The number of hydrogen-bond donors (Lipinski definition) is 2. The number of amides is 1. The van der Waals surface area contributed by atoms with E-state index in [1.54, 1.807) is 6.08 Å². The molecule has 1 aromatic carbocycles. The van der Waals surface area contributed by atoms with Crippen molar-refractivity contribution in [3.05, 3.63) is 40.7 Å². The van der Waals surface area contributed by atoms with Gasteiger partial charge < -0.3 is 10.3 Å². The molecule has 0 aliphatic carbocycles. The SMILES string of the molecule is CCCCC1C=NC(S(=O)(=O)N2CCC(C(=O)NCCc3nc4ccc(C)cc4[nH]3)CC2)=CCC1. The lowest BCUT2D eigenvalue weighted by atomic mass is 9.97. The van der Waals surface area contributed by atoms with E-state index in [4.69, 9.17) is 0 Å². The van der Waals surface area contributed by atoms with Gasteiger partial charge in [0.05, 0.1) is 11.0 Å². The van der Waals surface area contributed by atoms with Gasteiger partial charge >= 0.3 is 0 Å². The Hall–Kier alpha value is -2.52. The number of imidazole rings is 1. The normalized spacial score (nSPS) is 20.1. The number of H-pyrrole nitrogens is 1. The Balaban J connectivity index is 1.25. The average Bonchev–Trinajstić information content (AvgIpc) is 3.09. The zero-order valence-electron chi connectivity index (χ0n) is 20.8. The molecule has 1 unspecified atom stereocenters. The number of aromatic nitrogens is 2. The van der Waals surface area contributed by atoms with Gasteiger partial charge in [0.2, 0.25) is 5.91 Å². The summed E-state index contributed by atoms with van der Waals surface area (Å²) in [5, 5.41) is 3.17. The number of carbonyl (C=O) groups excluding carboxylic acids is 1. The second-order valence-corrected chi connectivity index (χ2v) is 11.6. The Bertz CT molecular complexity index is 1190. The van der Waals surface area contributed by atoms with Crippen molar-refractivity contribution in [3.63, 3.8) is 0 Å². The summed E-state index contributed by atoms with van der Waals surface area (Å²) in [7, 11) is -3.62. The molecule has 1 aromatic heterocycles. The van der Waals surface area contributed by atoms with E-state index in [0.717, 1.165) is 49.0 Å². The Labute approximate surface area is 208 Å². The van der Waals surface area contributed by atoms with Crippen LogP contribution in [0.5, 0.6) is 0 Å². The number of sulfonamides is 1. The van der Waals surface area contributed by atoms with E-state index >= 15 is 0 Å².